The second kappa shape index (κ2) is 42.2. The fraction of sp³-hybridized carbons (Fsp3) is 0.680. The highest BCUT2D eigenvalue weighted by Crippen LogP contribution is 2.55. The summed E-state index contributed by atoms with van der Waals surface area (Å²) in [5.74, 6) is 1.87. The summed E-state index contributed by atoms with van der Waals surface area (Å²) in [6.45, 7) is 29.5. The molecule has 11 fully saturated rings. The summed E-state index contributed by atoms with van der Waals surface area (Å²) >= 11 is 0. The number of ether oxygens (including phenoxy) is 5. The summed E-state index contributed by atoms with van der Waals surface area (Å²) in [6, 6.07) is 32.5. The molecule has 0 spiro atoms. The van der Waals surface area contributed by atoms with Gasteiger partial charge in [-0.05, 0) is 275 Å². The van der Waals surface area contributed by atoms with Crippen molar-refractivity contribution in [1.29, 1.82) is 0 Å². The summed E-state index contributed by atoms with van der Waals surface area (Å²) in [7, 11) is 0. The van der Waals surface area contributed by atoms with Crippen molar-refractivity contribution in [1.82, 2.24) is 51.3 Å². The molecule has 33 nitrogen and oxygen atoms in total. The first kappa shape index (κ1) is 100. The summed E-state index contributed by atoms with van der Waals surface area (Å²) in [5, 5.41) is 59.2. The minimum absolute atomic E-state index is 0.0162. The first-order valence-corrected chi connectivity index (χ1v) is 46.8. The molecule has 0 saturated heterocycles. The Hall–Kier alpha value is -10.2. The fourth-order valence-electron chi connectivity index (χ4n) is 18.0. The molecule has 11 aliphatic rings. The lowest BCUT2D eigenvalue weighted by Crippen LogP contribution is -2.45. The van der Waals surface area contributed by atoms with E-state index < -0.39 is 69.6 Å². The Morgan fingerprint density at radius 1 is 0.431 bits per heavy atom. The molecule has 716 valence electrons. The number of hydrogen-bond acceptors (Lipinski definition) is 24. The quantitative estimate of drug-likeness (QED) is 0.00951. The fourth-order valence-corrected chi connectivity index (χ4v) is 18.0. The van der Waals surface area contributed by atoms with E-state index in [0.717, 1.165) is 121 Å². The number of aliphatic carboxylic acids is 3. The molecule has 0 radical (unpaired) electrons. The summed E-state index contributed by atoms with van der Waals surface area (Å²) in [5.41, 5.74) is 18.0. The molecule has 5 amide bonds. The van der Waals surface area contributed by atoms with Crippen LogP contribution in [-0.4, -0.2) is 201 Å². The van der Waals surface area contributed by atoms with Crippen LogP contribution in [0.5, 0.6) is 0 Å². The van der Waals surface area contributed by atoms with Gasteiger partial charge in [0.05, 0.1) is 23.2 Å². The first-order valence-electron chi connectivity index (χ1n) is 46.8. The normalized spacial score (nSPS) is 27.3. The number of carboxylic acid groups (broad SMARTS) is 3. The molecule has 16 rings (SSSR count). The van der Waals surface area contributed by atoms with Crippen molar-refractivity contribution in [2.75, 3.05) is 19.6 Å². The summed E-state index contributed by atoms with van der Waals surface area (Å²) in [4.78, 5) is 106. The Morgan fingerprint density at radius 3 is 1.14 bits per heavy atom. The van der Waals surface area contributed by atoms with Gasteiger partial charge in [-0.25, -0.2) is 24.0 Å². The average molecular weight is 1810 g/mol. The number of hydrogen-bond donors (Lipinski definition) is 11. The van der Waals surface area contributed by atoms with Crippen LogP contribution >= 0.6 is 0 Å². The third-order valence-electron chi connectivity index (χ3n) is 25.9. The van der Waals surface area contributed by atoms with Crippen molar-refractivity contribution >= 4 is 54.2 Å². The third-order valence-corrected chi connectivity index (χ3v) is 25.9. The van der Waals surface area contributed by atoms with Crippen molar-refractivity contribution in [3.63, 3.8) is 0 Å². The predicted octanol–water partition coefficient (Wildman–Crippen LogP) is 15.9. The van der Waals surface area contributed by atoms with Gasteiger partial charge < -0.3 is 102 Å². The highest BCUT2D eigenvalue weighted by Gasteiger charge is 2.58. The van der Waals surface area contributed by atoms with E-state index in [9.17, 15) is 38.4 Å². The van der Waals surface area contributed by atoms with Gasteiger partial charge in [0.2, 0.25) is 11.8 Å². The van der Waals surface area contributed by atoms with E-state index in [1.807, 2.05) is 104 Å². The molecule has 3 aromatic carbocycles. The maximum Gasteiger partial charge on any atom is 0.410 e. The van der Waals surface area contributed by atoms with Crippen molar-refractivity contribution in [3.8, 4) is 0 Å². The largest absolute Gasteiger partial charge is 0.481 e. The van der Waals surface area contributed by atoms with Gasteiger partial charge in [0.25, 0.3) is 0 Å². The van der Waals surface area contributed by atoms with Crippen molar-refractivity contribution in [2.24, 2.45) is 45.5 Å². The number of rotatable bonds is 23. The van der Waals surface area contributed by atoms with E-state index >= 15 is 0 Å². The molecule has 16 atom stereocenters. The van der Waals surface area contributed by atoms with Crippen LogP contribution in [0.3, 0.4) is 0 Å². The molecule has 11 saturated carbocycles. The van der Waals surface area contributed by atoms with Crippen LogP contribution in [0.15, 0.2) is 105 Å². The van der Waals surface area contributed by atoms with Crippen LogP contribution in [0, 0.1) is 23.2 Å². The number of amidine groups is 1. The molecule has 0 bridgehead atoms. The smallest absolute Gasteiger partial charge is 0.410 e. The van der Waals surface area contributed by atoms with Gasteiger partial charge in [0.1, 0.15) is 33.8 Å². The predicted molar refractivity (Wildman–Crippen MR) is 486 cm³/mol. The first-order chi connectivity index (χ1) is 61.1. The lowest BCUT2D eigenvalue weighted by Gasteiger charge is -2.30. The number of oxime groups is 1. The van der Waals surface area contributed by atoms with Gasteiger partial charge in [-0.15, -0.1) is 0 Å². The highest BCUT2D eigenvalue weighted by molar-refractivity contribution is 5.89. The zero-order valence-corrected chi connectivity index (χ0v) is 78.8. The van der Waals surface area contributed by atoms with Gasteiger partial charge in [-0.1, -0.05) is 106 Å². The minimum Gasteiger partial charge on any atom is -0.481 e. The zero-order valence-electron chi connectivity index (χ0n) is 78.8. The topological polar surface area (TPSA) is 486 Å². The second-order valence-corrected chi connectivity index (χ2v) is 43.0. The Morgan fingerprint density at radius 2 is 0.785 bits per heavy atom. The number of amides is 5. The number of aromatic nitrogens is 4. The van der Waals surface area contributed by atoms with Gasteiger partial charge in [-0.3, -0.25) is 14.4 Å². The van der Waals surface area contributed by atoms with Gasteiger partial charge in [0, 0.05) is 108 Å². The maximum atomic E-state index is 13.4. The molecule has 0 aliphatic heterocycles. The van der Waals surface area contributed by atoms with Gasteiger partial charge >= 0.3 is 48.4 Å². The molecule has 2 aromatic heterocycles. The molecule has 33 heteroatoms. The minimum atomic E-state index is -0.784. The number of carbonyl (C=O) groups excluding carboxylic acids is 5. The number of nitrogens with one attached hydrogen (secondary N) is 4. The molecule has 2 heterocycles. The Labute approximate surface area is 764 Å². The average Bonchev–Trinajstić information content (AvgIpc) is 1.59. The summed E-state index contributed by atoms with van der Waals surface area (Å²) < 4.78 is 38.4. The van der Waals surface area contributed by atoms with E-state index in [0.29, 0.717) is 106 Å². The van der Waals surface area contributed by atoms with E-state index in [1.165, 1.54) is 23.1 Å². The summed E-state index contributed by atoms with van der Waals surface area (Å²) in [6.07, 6.45) is 18.4. The van der Waals surface area contributed by atoms with Crippen molar-refractivity contribution in [2.45, 2.75) is 375 Å². The monoisotopic (exact) mass is 1810 g/mol. The third kappa shape index (κ3) is 30.2. The number of nitrogens with zero attached hydrogens (tertiary/aromatic N) is 7. The molecule has 14 N–H and O–H groups in total. The van der Waals surface area contributed by atoms with Crippen LogP contribution in [0.4, 0.5) is 24.0 Å². The van der Waals surface area contributed by atoms with Gasteiger partial charge in [0.15, 0.2) is 11.6 Å². The van der Waals surface area contributed by atoms with E-state index in [1.54, 1.807) is 46.4 Å². The van der Waals surface area contributed by atoms with Crippen molar-refractivity contribution < 1.29 is 91.6 Å². The highest BCUT2D eigenvalue weighted by atomic mass is 16.6. The SMILES string of the molecule is CC(C)(C)OC(=O)N(CC1(C(N)=NO)CC1)[C@@H]1C[C@H]1c1ccccc1.CC(C)(C)OC(=O)N[C@H]1CC[C@@H](C(=O)O)C1.CC(C)(C)OC(=O)N[C@H]1CC[C@@H](C(=O)O)C1.CC(C)(C)OC(=O)N[C@H]1CC[C@@H](c2nc(C3(CN(C(=O)OC(C)(C)C)[C@@H]4C[C@H]4c4ccccc4)CC3)no2)C1.N[C@H]1CC[C@@H](C(=O)O)C1.N[C@H]1CC[C@@H](c2nc(C3(CN[C@@H]4C[C@H]4c4ccccc4)CC3)no2)C1. The number of carbonyl (C=O) groups is 8. The van der Waals surface area contributed by atoms with E-state index in [-0.39, 0.29) is 88.8 Å². The van der Waals surface area contributed by atoms with Crippen molar-refractivity contribution in [3.05, 3.63) is 131 Å². The Kier molecular flexibility index (Phi) is 32.6. The van der Waals surface area contributed by atoms with E-state index in [4.69, 9.17) is 80.4 Å². The molecule has 11 aliphatic carbocycles. The molecule has 0 unspecified atom stereocenters. The molecular weight excluding hydrogens is 1670 g/mol. The van der Waals surface area contributed by atoms with Crippen LogP contribution in [-0.2, 0) is 48.9 Å². The van der Waals surface area contributed by atoms with E-state index in [2.05, 4.69) is 91.3 Å². The molecular formula is C97H144N14O19. The van der Waals surface area contributed by atoms with Crippen LogP contribution in [0.25, 0.3) is 0 Å². The lowest BCUT2D eigenvalue weighted by atomic mass is 10.0. The number of alkyl carbamates (subject to hydrolysis) is 3. The Bertz CT molecular complexity index is 4580. The Balaban J connectivity index is 0.000000159. The molecule has 130 heavy (non-hydrogen) atoms. The van der Waals surface area contributed by atoms with Gasteiger partial charge in [-0.2, -0.15) is 9.97 Å². The number of benzene rings is 3. The van der Waals surface area contributed by atoms with Crippen LogP contribution in [0.2, 0.25) is 0 Å². The second-order valence-electron chi connectivity index (χ2n) is 43.0. The maximum absolute atomic E-state index is 13.4. The van der Waals surface area contributed by atoms with Crippen LogP contribution < -0.4 is 38.5 Å². The van der Waals surface area contributed by atoms with Crippen LogP contribution in [0.1, 0.15) is 328 Å². The number of nitrogens with two attached hydrogens (primary N) is 3. The number of carboxylic acids is 3. The molecule has 5 aromatic rings. The standard InChI is InChI=1S/C30H42N4O5.C20H26N4O.C19H27N3O3.2C11H19NO4.C6H11NO2/c1-28(2,3)37-26(35)31-21-13-12-20(16-21)24-32-25(33-39-24)30(14-15-30)18-34(27(36)38-29(4,5)6)23-17-22(23)19-10-8-7-9-11-19;21-15-7-6-14(10-15)18-23-19(24-25-18)20(8-9-20)12-22-17-11-16(17)13-4-2-1-3-5-13;1-18(2,3)25-17(23)22(12-19(9-10-19)16(20)21-24)15-11-14(15)13-7-5-4-6-8-13;2*1-11(2,3)16-10(15)12-8-5-4-7(6-8)9(13)14;7-5-2-1-4(3-5)6(8)9/h7-11,20-23H,12-18H2,1-6H3,(H,31,35);1-5,14-17,22H,6-12,21H2;4-8,14-15,24H,9-12H2,1-3H3,(H2,20,21);2*7-8H,4-6H2,1-3H3,(H,12,15)(H,13,14);4-5H,1-3,7H2,(H,8,9)/t20-,21+,22+,23-;14-,15+,16+,17-;14-,15+;2*7-,8+;4-,5+/m110111/s1. The zero-order chi connectivity index (χ0) is 94.6. The lowest BCUT2D eigenvalue weighted by molar-refractivity contribution is -0.142.